The number of rotatable bonds is 6. The fourth-order valence-corrected chi connectivity index (χ4v) is 2.63. The average Bonchev–Trinajstić information content (AvgIpc) is 3.19. The van der Waals surface area contributed by atoms with Crippen LogP contribution in [0.2, 0.25) is 0 Å². The Kier molecular flexibility index (Phi) is 5.50. The van der Waals surface area contributed by atoms with E-state index in [1.54, 1.807) is 60.5 Å². The first-order valence-electron chi connectivity index (χ1n) is 8.38. The molecule has 1 aromatic heterocycles. The zero-order valence-corrected chi connectivity index (χ0v) is 15.4. The van der Waals surface area contributed by atoms with Crippen LogP contribution in [0.3, 0.4) is 0 Å². The third kappa shape index (κ3) is 4.24. The summed E-state index contributed by atoms with van der Waals surface area (Å²) in [6.07, 6.45) is 3.39. The van der Waals surface area contributed by atoms with Gasteiger partial charge in [0.2, 0.25) is 5.91 Å². The number of hydrogen-bond acceptors (Lipinski definition) is 4. The number of carbonyl (C=O) groups is 2. The number of anilines is 2. The van der Waals surface area contributed by atoms with Gasteiger partial charge in [0.1, 0.15) is 0 Å². The molecule has 0 saturated heterocycles. The topological polar surface area (TPSA) is 108 Å². The lowest BCUT2D eigenvalue weighted by atomic mass is 10.2. The van der Waals surface area contributed by atoms with E-state index >= 15 is 0 Å². The summed E-state index contributed by atoms with van der Waals surface area (Å²) in [6, 6.07) is 13.5. The molecule has 0 aliphatic heterocycles. The zero-order valence-electron chi connectivity index (χ0n) is 15.4. The maximum atomic E-state index is 12.2. The van der Waals surface area contributed by atoms with Gasteiger partial charge >= 0.3 is 6.03 Å². The third-order valence-electron chi connectivity index (χ3n) is 4.04. The van der Waals surface area contributed by atoms with E-state index in [2.05, 4.69) is 10.6 Å². The Hall–Kier alpha value is -3.94. The molecule has 0 spiro atoms. The van der Waals surface area contributed by atoms with Crippen LogP contribution in [-0.2, 0) is 0 Å². The molecule has 0 unspecified atom stereocenters. The molecule has 0 atom stereocenters. The van der Waals surface area contributed by atoms with Gasteiger partial charge in [0.25, 0.3) is 0 Å². The van der Waals surface area contributed by atoms with Crippen molar-refractivity contribution < 1.29 is 19.1 Å². The molecule has 1 heterocycles. The van der Waals surface area contributed by atoms with E-state index in [0.29, 0.717) is 28.4 Å². The fourth-order valence-electron chi connectivity index (χ4n) is 2.63. The quantitative estimate of drug-likeness (QED) is 0.610. The molecule has 4 N–H and O–H groups in total. The normalized spacial score (nSPS) is 10.2. The minimum absolute atomic E-state index is 0.392. The number of nitrogens with two attached hydrogens (primary N) is 1. The van der Waals surface area contributed by atoms with E-state index in [1.807, 2.05) is 12.1 Å². The Morgan fingerprint density at radius 1 is 0.893 bits per heavy atom. The second kappa shape index (κ2) is 8.17. The van der Waals surface area contributed by atoms with Crippen LogP contribution in [0.4, 0.5) is 16.2 Å². The largest absolute Gasteiger partial charge is 0.493 e. The Bertz CT molecular complexity index is 996. The molecular weight excluding hydrogens is 360 g/mol. The van der Waals surface area contributed by atoms with Crippen molar-refractivity contribution in [2.45, 2.75) is 0 Å². The van der Waals surface area contributed by atoms with Gasteiger partial charge in [-0.2, -0.15) is 0 Å². The highest BCUT2D eigenvalue weighted by Gasteiger charge is 2.08. The van der Waals surface area contributed by atoms with Crippen LogP contribution < -0.4 is 25.8 Å². The predicted molar refractivity (Wildman–Crippen MR) is 106 cm³/mol. The van der Waals surface area contributed by atoms with Crippen LogP contribution in [0.15, 0.2) is 60.9 Å². The molecule has 3 aromatic rings. The number of ether oxygens (including phenoxy) is 2. The molecule has 3 amide bonds. The summed E-state index contributed by atoms with van der Waals surface area (Å²) >= 11 is 0. The van der Waals surface area contributed by atoms with Gasteiger partial charge in [0, 0.05) is 35.5 Å². The van der Waals surface area contributed by atoms with Gasteiger partial charge in [-0.1, -0.05) is 0 Å². The van der Waals surface area contributed by atoms with Crippen LogP contribution in [0.5, 0.6) is 11.5 Å². The van der Waals surface area contributed by atoms with Crippen LogP contribution in [0.25, 0.3) is 5.69 Å². The lowest BCUT2D eigenvalue weighted by Gasteiger charge is -2.11. The smallest absolute Gasteiger partial charge is 0.323 e. The maximum Gasteiger partial charge on any atom is 0.323 e. The van der Waals surface area contributed by atoms with Crippen molar-refractivity contribution in [1.29, 1.82) is 0 Å². The summed E-state index contributed by atoms with van der Waals surface area (Å²) in [5, 5.41) is 5.49. The Balaban J connectivity index is 1.65. The van der Waals surface area contributed by atoms with Crippen LogP contribution in [-0.4, -0.2) is 30.7 Å². The van der Waals surface area contributed by atoms with Crippen LogP contribution >= 0.6 is 0 Å². The first kappa shape index (κ1) is 18.8. The summed E-state index contributed by atoms with van der Waals surface area (Å²) in [5.74, 6) is 0.615. The van der Waals surface area contributed by atoms with E-state index in [1.165, 1.54) is 7.11 Å². The number of nitrogens with zero attached hydrogens (tertiary/aromatic N) is 1. The molecular formula is C20H20N4O4. The molecule has 144 valence electrons. The van der Waals surface area contributed by atoms with Crippen molar-refractivity contribution >= 4 is 23.3 Å². The van der Waals surface area contributed by atoms with E-state index in [-0.39, 0.29) is 0 Å². The molecule has 0 saturated carbocycles. The highest BCUT2D eigenvalue weighted by atomic mass is 16.5. The van der Waals surface area contributed by atoms with Gasteiger partial charge in [-0.25, -0.2) is 4.79 Å². The SMILES string of the molecule is COc1ccc(NC(=O)Nc2ccc(-n3ccc(C(N)=O)c3)cc2)cc1OC. The van der Waals surface area contributed by atoms with Gasteiger partial charge in [0.05, 0.1) is 19.8 Å². The summed E-state index contributed by atoms with van der Waals surface area (Å²) in [7, 11) is 3.07. The third-order valence-corrected chi connectivity index (χ3v) is 4.04. The Morgan fingerprint density at radius 2 is 1.54 bits per heavy atom. The summed E-state index contributed by atoms with van der Waals surface area (Å²) in [6.45, 7) is 0. The summed E-state index contributed by atoms with van der Waals surface area (Å²) < 4.78 is 12.2. The van der Waals surface area contributed by atoms with E-state index in [0.717, 1.165) is 5.69 Å². The van der Waals surface area contributed by atoms with Gasteiger partial charge in [-0.3, -0.25) is 4.79 Å². The number of primary amides is 1. The molecule has 0 fully saturated rings. The Labute approximate surface area is 161 Å². The minimum Gasteiger partial charge on any atom is -0.493 e. The van der Waals surface area contributed by atoms with Crippen LogP contribution in [0.1, 0.15) is 10.4 Å². The van der Waals surface area contributed by atoms with Gasteiger partial charge in [-0.05, 0) is 42.5 Å². The van der Waals surface area contributed by atoms with Crippen molar-refractivity contribution in [2.24, 2.45) is 5.73 Å². The number of hydrogen-bond donors (Lipinski definition) is 3. The maximum absolute atomic E-state index is 12.2. The molecule has 0 radical (unpaired) electrons. The number of urea groups is 1. The second-order valence-electron chi connectivity index (χ2n) is 5.87. The van der Waals surface area contributed by atoms with Gasteiger partial charge < -0.3 is 30.4 Å². The summed E-state index contributed by atoms with van der Waals surface area (Å²) in [4.78, 5) is 23.4. The zero-order chi connectivity index (χ0) is 20.1. The van der Waals surface area contributed by atoms with E-state index < -0.39 is 11.9 Å². The highest BCUT2D eigenvalue weighted by Crippen LogP contribution is 2.29. The van der Waals surface area contributed by atoms with Crippen molar-refractivity contribution in [1.82, 2.24) is 4.57 Å². The molecule has 8 nitrogen and oxygen atoms in total. The Morgan fingerprint density at radius 3 is 2.14 bits per heavy atom. The molecule has 3 rings (SSSR count). The number of methoxy groups -OCH3 is 2. The van der Waals surface area contributed by atoms with Gasteiger partial charge in [0.15, 0.2) is 11.5 Å². The lowest BCUT2D eigenvalue weighted by Crippen LogP contribution is -2.19. The second-order valence-corrected chi connectivity index (χ2v) is 5.87. The number of aromatic nitrogens is 1. The first-order valence-corrected chi connectivity index (χ1v) is 8.38. The minimum atomic E-state index is -0.483. The first-order chi connectivity index (χ1) is 13.5. The van der Waals surface area contributed by atoms with Gasteiger partial charge in [-0.15, -0.1) is 0 Å². The predicted octanol–water partition coefficient (Wildman–Crippen LogP) is 3.24. The van der Waals surface area contributed by atoms with E-state index in [9.17, 15) is 9.59 Å². The molecule has 8 heteroatoms. The average molecular weight is 380 g/mol. The van der Waals surface area contributed by atoms with Crippen molar-refractivity contribution in [3.8, 4) is 17.2 Å². The number of benzene rings is 2. The number of amides is 3. The molecule has 2 aromatic carbocycles. The number of nitrogens with one attached hydrogen (secondary N) is 2. The molecule has 0 aliphatic rings. The molecule has 0 aliphatic carbocycles. The standard InChI is InChI=1S/C20H20N4O4/c1-27-17-8-5-15(11-18(17)28-2)23-20(26)22-14-3-6-16(7-4-14)24-10-9-13(12-24)19(21)25/h3-12H,1-2H3,(H2,21,25)(H2,22,23,26). The van der Waals surface area contributed by atoms with E-state index in [4.69, 9.17) is 15.2 Å². The number of carbonyl (C=O) groups excluding carboxylic acids is 2. The molecule has 28 heavy (non-hydrogen) atoms. The lowest BCUT2D eigenvalue weighted by molar-refractivity contribution is 0.100. The molecule has 0 bridgehead atoms. The van der Waals surface area contributed by atoms with Crippen LogP contribution in [0, 0.1) is 0 Å². The fraction of sp³-hybridized carbons (Fsp3) is 0.100. The monoisotopic (exact) mass is 380 g/mol. The van der Waals surface area contributed by atoms with Crippen molar-refractivity contribution in [2.75, 3.05) is 24.9 Å². The highest BCUT2D eigenvalue weighted by molar-refractivity contribution is 6.00. The van der Waals surface area contributed by atoms with Crippen molar-refractivity contribution in [3.05, 3.63) is 66.5 Å². The summed E-state index contributed by atoms with van der Waals surface area (Å²) in [5.41, 5.74) is 7.70. The van der Waals surface area contributed by atoms with Crippen molar-refractivity contribution in [3.63, 3.8) is 0 Å².